The van der Waals surface area contributed by atoms with Gasteiger partial charge in [0, 0.05) is 26.6 Å². The molecule has 1 aliphatic rings. The zero-order valence-electron chi connectivity index (χ0n) is 26.6. The van der Waals surface area contributed by atoms with Crippen molar-refractivity contribution in [3.63, 3.8) is 0 Å². The molecule has 10 heteroatoms. The second-order valence-electron chi connectivity index (χ2n) is 11.5. The van der Waals surface area contributed by atoms with Crippen molar-refractivity contribution >= 4 is 23.7 Å². The van der Waals surface area contributed by atoms with Crippen LogP contribution in [0.25, 0.3) is 0 Å². The van der Waals surface area contributed by atoms with E-state index < -0.39 is 47.8 Å². The van der Waals surface area contributed by atoms with Gasteiger partial charge < -0.3 is 30.1 Å². The minimum atomic E-state index is -1.17. The predicted molar refractivity (Wildman–Crippen MR) is 175 cm³/mol. The zero-order valence-corrected chi connectivity index (χ0v) is 26.6. The van der Waals surface area contributed by atoms with Crippen LogP contribution in [0.5, 0.6) is 0 Å². The van der Waals surface area contributed by atoms with Gasteiger partial charge in [-0.25, -0.2) is 0 Å². The fourth-order valence-electron chi connectivity index (χ4n) is 5.55. The maximum atomic E-state index is 13.7. The van der Waals surface area contributed by atoms with Gasteiger partial charge in [0.25, 0.3) is 0 Å². The molecule has 0 aromatic heterocycles. The Labute approximate surface area is 271 Å². The van der Waals surface area contributed by atoms with Gasteiger partial charge in [-0.1, -0.05) is 72.8 Å². The molecule has 0 spiro atoms. The number of methoxy groups -OCH3 is 1. The number of aliphatic hydroxyl groups excluding tert-OH is 1. The summed E-state index contributed by atoms with van der Waals surface area (Å²) in [6, 6.07) is 16.9. The maximum absolute atomic E-state index is 13.7. The van der Waals surface area contributed by atoms with Crippen LogP contribution in [0.3, 0.4) is 0 Å². The van der Waals surface area contributed by atoms with E-state index in [-0.39, 0.29) is 38.4 Å². The molecular formula is C36H47N3O7. The molecule has 1 aliphatic heterocycles. The zero-order chi connectivity index (χ0) is 33.3. The quantitative estimate of drug-likeness (QED) is 0.122. The predicted octanol–water partition coefficient (Wildman–Crippen LogP) is 3.52. The molecule has 10 nitrogen and oxygen atoms in total. The Morgan fingerprint density at radius 3 is 2.11 bits per heavy atom. The molecule has 5 atom stereocenters. The molecule has 46 heavy (non-hydrogen) atoms. The summed E-state index contributed by atoms with van der Waals surface area (Å²) in [5.41, 5.74) is 1.53. The summed E-state index contributed by atoms with van der Waals surface area (Å²) in [6.07, 6.45) is 4.62. The number of nitrogens with zero attached hydrogens (tertiary/aromatic N) is 1. The number of rotatable bonds is 19. The van der Waals surface area contributed by atoms with Gasteiger partial charge in [-0.2, -0.15) is 0 Å². The summed E-state index contributed by atoms with van der Waals surface area (Å²) in [5, 5.41) is 15.6. The summed E-state index contributed by atoms with van der Waals surface area (Å²) >= 11 is 0. The second-order valence-corrected chi connectivity index (χ2v) is 11.5. The number of nitrogens with one attached hydrogen (secondary N) is 2. The highest BCUT2D eigenvalue weighted by molar-refractivity contribution is 6.00. The molecule has 1 unspecified atom stereocenters. The molecule has 1 heterocycles. The van der Waals surface area contributed by atoms with Crippen LogP contribution >= 0.6 is 0 Å². The van der Waals surface area contributed by atoms with Crippen molar-refractivity contribution in [2.75, 3.05) is 33.4 Å². The number of carbonyl (C=O) groups excluding carboxylic acids is 4. The van der Waals surface area contributed by atoms with Gasteiger partial charge in [-0.15, -0.1) is 13.2 Å². The number of hydrogen-bond acceptors (Lipinski definition) is 7. The van der Waals surface area contributed by atoms with Crippen molar-refractivity contribution < 1.29 is 33.8 Å². The Bertz CT molecular complexity index is 1280. The Morgan fingerprint density at radius 1 is 0.913 bits per heavy atom. The number of likely N-dealkylation sites (tertiary alicyclic amines) is 1. The second kappa shape index (κ2) is 19.3. The summed E-state index contributed by atoms with van der Waals surface area (Å²) in [4.78, 5) is 55.4. The lowest BCUT2D eigenvalue weighted by molar-refractivity contribution is -0.160. The maximum Gasteiger partial charge on any atom is 0.310 e. The molecule has 3 N–H and O–H groups in total. The first-order valence-electron chi connectivity index (χ1n) is 15.8. The van der Waals surface area contributed by atoms with E-state index in [0.717, 1.165) is 18.4 Å². The minimum Gasteiger partial charge on any atom is -0.455 e. The van der Waals surface area contributed by atoms with Gasteiger partial charge in [-0.3, -0.25) is 19.2 Å². The highest BCUT2D eigenvalue weighted by Gasteiger charge is 2.35. The van der Waals surface area contributed by atoms with E-state index >= 15 is 0 Å². The van der Waals surface area contributed by atoms with E-state index in [4.69, 9.17) is 9.47 Å². The van der Waals surface area contributed by atoms with Gasteiger partial charge in [0.15, 0.2) is 0 Å². The third-order valence-electron chi connectivity index (χ3n) is 8.00. The van der Waals surface area contributed by atoms with Crippen molar-refractivity contribution in [1.82, 2.24) is 15.5 Å². The number of carbonyl (C=O) groups is 4. The summed E-state index contributed by atoms with van der Waals surface area (Å²) < 4.78 is 11.5. The highest BCUT2D eigenvalue weighted by Crippen LogP contribution is 2.26. The fourth-order valence-corrected chi connectivity index (χ4v) is 5.55. The van der Waals surface area contributed by atoms with Crippen molar-refractivity contribution in [2.24, 2.45) is 11.8 Å². The van der Waals surface area contributed by atoms with Crippen LogP contribution in [-0.2, 0) is 35.1 Å². The van der Waals surface area contributed by atoms with Crippen LogP contribution in [0.1, 0.15) is 49.3 Å². The lowest BCUT2D eigenvalue weighted by Crippen LogP contribution is -2.51. The highest BCUT2D eigenvalue weighted by atomic mass is 16.5. The number of benzene rings is 2. The SMILES string of the molecule is C=CCC(C(=O)N[C@@H](CO)Cc1ccccc1)C(=O)N[C@@H](COC)[C@@H](OC(=O)[C@@H](CC=C)CC(=O)N1CCCC1)c1ccccc1. The van der Waals surface area contributed by atoms with E-state index in [0.29, 0.717) is 25.1 Å². The van der Waals surface area contributed by atoms with E-state index in [1.807, 2.05) is 36.4 Å². The van der Waals surface area contributed by atoms with E-state index in [9.17, 15) is 24.3 Å². The Morgan fingerprint density at radius 2 is 1.52 bits per heavy atom. The molecule has 1 fully saturated rings. The minimum absolute atomic E-state index is 0.00967. The largest absolute Gasteiger partial charge is 0.455 e. The van der Waals surface area contributed by atoms with Crippen molar-refractivity contribution in [3.05, 3.63) is 97.1 Å². The lowest BCUT2D eigenvalue weighted by atomic mass is 9.97. The molecule has 0 radical (unpaired) electrons. The van der Waals surface area contributed by atoms with Gasteiger partial charge in [-0.05, 0) is 43.2 Å². The molecule has 3 rings (SSSR count). The number of esters is 1. The first-order chi connectivity index (χ1) is 22.3. The topological polar surface area (TPSA) is 134 Å². The Kier molecular flexibility index (Phi) is 15.2. The molecule has 1 saturated heterocycles. The van der Waals surface area contributed by atoms with Crippen LogP contribution in [-0.4, -0.2) is 79.2 Å². The number of hydrogen-bond donors (Lipinski definition) is 3. The molecule has 248 valence electrons. The molecule has 0 saturated carbocycles. The molecule has 0 aliphatic carbocycles. The number of aliphatic hydroxyl groups is 1. The summed E-state index contributed by atoms with van der Waals surface area (Å²) in [6.45, 7) is 8.48. The molecule has 0 bridgehead atoms. The molecular weight excluding hydrogens is 586 g/mol. The molecule has 3 amide bonds. The van der Waals surface area contributed by atoms with Crippen molar-refractivity contribution in [2.45, 2.75) is 56.7 Å². The van der Waals surface area contributed by atoms with Crippen LogP contribution in [0.2, 0.25) is 0 Å². The average Bonchev–Trinajstić information content (AvgIpc) is 3.61. The third kappa shape index (κ3) is 11.0. The van der Waals surface area contributed by atoms with Crippen LogP contribution in [0.15, 0.2) is 86.0 Å². The van der Waals surface area contributed by atoms with Crippen LogP contribution in [0.4, 0.5) is 0 Å². The van der Waals surface area contributed by atoms with Gasteiger partial charge in [0.1, 0.15) is 12.0 Å². The van der Waals surface area contributed by atoms with E-state index in [2.05, 4.69) is 23.8 Å². The third-order valence-corrected chi connectivity index (χ3v) is 8.00. The van der Waals surface area contributed by atoms with Crippen LogP contribution in [0, 0.1) is 11.8 Å². The van der Waals surface area contributed by atoms with Crippen molar-refractivity contribution in [1.29, 1.82) is 0 Å². The summed E-state index contributed by atoms with van der Waals surface area (Å²) in [5.74, 6) is -3.80. The number of amides is 3. The Hall–Kier alpha value is -4.28. The molecule has 2 aromatic rings. The van der Waals surface area contributed by atoms with Gasteiger partial charge in [0.05, 0.1) is 31.2 Å². The van der Waals surface area contributed by atoms with Crippen LogP contribution < -0.4 is 10.6 Å². The first-order valence-corrected chi connectivity index (χ1v) is 15.8. The number of ether oxygens (including phenoxy) is 2. The smallest absolute Gasteiger partial charge is 0.310 e. The van der Waals surface area contributed by atoms with E-state index in [1.165, 1.54) is 13.2 Å². The normalized spacial score (nSPS) is 15.9. The lowest BCUT2D eigenvalue weighted by Gasteiger charge is -2.30. The fraction of sp³-hybridized carbons (Fsp3) is 0.444. The summed E-state index contributed by atoms with van der Waals surface area (Å²) in [7, 11) is 1.46. The van der Waals surface area contributed by atoms with Gasteiger partial charge >= 0.3 is 5.97 Å². The average molecular weight is 634 g/mol. The first kappa shape index (κ1) is 36.2. The molecule has 2 aromatic carbocycles. The number of allylic oxidation sites excluding steroid dienone is 2. The monoisotopic (exact) mass is 633 g/mol. The van der Waals surface area contributed by atoms with Gasteiger partial charge in [0.2, 0.25) is 17.7 Å². The van der Waals surface area contributed by atoms with E-state index in [1.54, 1.807) is 35.2 Å². The Balaban J connectivity index is 1.80. The standard InChI is InChI=1S/C36H47N3O7/c1-4-14-28(23-32(41)39-20-12-13-21-39)36(44)46-33(27-18-10-7-11-19-27)31(25-45-3)38-35(43)30(15-5-2)34(42)37-29(24-40)22-26-16-8-6-9-17-26/h4-11,16-19,28-31,33,40H,1-2,12-15,20-25H2,3H3,(H,37,42)(H,38,43)/t28-,29+,30?,31-,33-/m0/s1. The van der Waals surface area contributed by atoms with Crippen molar-refractivity contribution in [3.8, 4) is 0 Å².